The van der Waals surface area contributed by atoms with Crippen LogP contribution in [0.3, 0.4) is 0 Å². The van der Waals surface area contributed by atoms with E-state index >= 15 is 0 Å². The average molecular weight is 927 g/mol. The van der Waals surface area contributed by atoms with Crippen molar-refractivity contribution >= 4 is 23.9 Å². The Morgan fingerprint density at radius 2 is 0.721 bits per heavy atom. The van der Waals surface area contributed by atoms with Gasteiger partial charge >= 0.3 is 23.9 Å². The Hall–Kier alpha value is -7.68. The van der Waals surface area contributed by atoms with Crippen molar-refractivity contribution in [2.24, 2.45) is 0 Å². The third-order valence-electron chi connectivity index (χ3n) is 10.3. The van der Waals surface area contributed by atoms with Gasteiger partial charge in [0.15, 0.2) is 0 Å². The molecule has 68 heavy (non-hydrogen) atoms. The van der Waals surface area contributed by atoms with E-state index in [1.807, 2.05) is 27.7 Å². The first-order valence-corrected chi connectivity index (χ1v) is 22.1. The highest BCUT2D eigenvalue weighted by Gasteiger charge is 2.19. The van der Waals surface area contributed by atoms with Crippen molar-refractivity contribution in [3.63, 3.8) is 0 Å². The number of carbonyl (C=O) groups is 4. The number of hydrogen-bond acceptors (Lipinski definition) is 14. The maximum atomic E-state index is 13.0. The summed E-state index contributed by atoms with van der Waals surface area (Å²) in [5.41, 5.74) is 2.58. The normalized spacial score (nSPS) is 11.7. The van der Waals surface area contributed by atoms with E-state index in [2.05, 4.69) is 0 Å². The molecule has 354 valence electrons. The Labute approximate surface area is 395 Å². The second-order valence-corrected chi connectivity index (χ2v) is 15.2. The molecule has 0 aromatic heterocycles. The number of rotatable bonds is 23. The van der Waals surface area contributed by atoms with E-state index in [9.17, 15) is 19.2 Å². The Balaban J connectivity index is 0.955. The number of esters is 4. The summed E-state index contributed by atoms with van der Waals surface area (Å²) in [6.07, 6.45) is 1.55. The minimum Gasteiger partial charge on any atom is -0.496 e. The highest BCUT2D eigenvalue weighted by atomic mass is 16.6. The number of carbonyl (C=O) groups excluding carboxylic acids is 4. The van der Waals surface area contributed by atoms with Crippen LogP contribution in [0.5, 0.6) is 46.0 Å². The molecule has 2 unspecified atom stereocenters. The number of ether oxygens (including phenoxy) is 10. The van der Waals surface area contributed by atoms with Gasteiger partial charge in [-0.2, -0.15) is 0 Å². The predicted molar refractivity (Wildman–Crippen MR) is 253 cm³/mol. The van der Waals surface area contributed by atoms with Crippen LogP contribution >= 0.6 is 0 Å². The summed E-state index contributed by atoms with van der Waals surface area (Å²) in [7, 11) is 2.91. The highest BCUT2D eigenvalue weighted by Crippen LogP contribution is 2.30. The van der Waals surface area contributed by atoms with Crippen LogP contribution in [0.25, 0.3) is 11.1 Å². The van der Waals surface area contributed by atoms with E-state index in [0.29, 0.717) is 73.8 Å². The molecule has 2 atom stereocenters. The van der Waals surface area contributed by atoms with Crippen molar-refractivity contribution in [3.8, 4) is 57.1 Å². The van der Waals surface area contributed by atoms with Gasteiger partial charge in [0.25, 0.3) is 0 Å². The Morgan fingerprint density at radius 1 is 0.412 bits per heavy atom. The zero-order valence-corrected chi connectivity index (χ0v) is 38.8. The summed E-state index contributed by atoms with van der Waals surface area (Å²) in [6.45, 7) is 9.99. The maximum Gasteiger partial charge on any atom is 0.347 e. The fourth-order valence-corrected chi connectivity index (χ4v) is 6.69. The fraction of sp³-hybridized carbons (Fsp3) is 0.259. The van der Waals surface area contributed by atoms with E-state index in [-0.39, 0.29) is 46.0 Å². The average Bonchev–Trinajstić information content (AvgIpc) is 3.35. The molecule has 0 aliphatic heterocycles. The molecule has 14 nitrogen and oxygen atoms in total. The van der Waals surface area contributed by atoms with Gasteiger partial charge in [0, 0.05) is 38.2 Å². The lowest BCUT2D eigenvalue weighted by molar-refractivity contribution is 0.0593. The van der Waals surface area contributed by atoms with Crippen molar-refractivity contribution < 1.29 is 66.5 Å². The molecule has 0 spiro atoms. The Bertz CT molecular complexity index is 2420. The van der Waals surface area contributed by atoms with Gasteiger partial charge in [0.1, 0.15) is 57.1 Å². The van der Waals surface area contributed by atoms with Crippen LogP contribution in [0, 0.1) is 0 Å². The summed E-state index contributed by atoms with van der Waals surface area (Å²) in [4.78, 5) is 52.0. The van der Waals surface area contributed by atoms with E-state index < -0.39 is 23.9 Å². The van der Waals surface area contributed by atoms with Crippen LogP contribution in [0.1, 0.15) is 82.0 Å². The summed E-state index contributed by atoms with van der Waals surface area (Å²) < 4.78 is 55.8. The quantitative estimate of drug-likeness (QED) is 0.0441. The lowest BCUT2D eigenvalue weighted by Gasteiger charge is -2.14. The summed E-state index contributed by atoms with van der Waals surface area (Å²) >= 11 is 0. The maximum absolute atomic E-state index is 13.0. The van der Waals surface area contributed by atoms with Crippen molar-refractivity contribution in [3.05, 3.63) is 156 Å². The molecule has 14 heteroatoms. The van der Waals surface area contributed by atoms with Crippen molar-refractivity contribution in [2.45, 2.75) is 52.7 Å². The minimum absolute atomic E-state index is 0.0662. The lowest BCUT2D eigenvalue weighted by atomic mass is 10.1. The summed E-state index contributed by atoms with van der Waals surface area (Å²) in [5, 5.41) is 0. The number of hydrogen-bond donors (Lipinski definition) is 0. The monoisotopic (exact) mass is 926 g/mol. The van der Waals surface area contributed by atoms with E-state index in [1.54, 1.807) is 84.9 Å². The molecule has 0 N–H and O–H groups in total. The molecule has 0 aliphatic rings. The predicted octanol–water partition coefficient (Wildman–Crippen LogP) is 10.6. The van der Waals surface area contributed by atoms with Crippen LogP contribution in [-0.2, 0) is 9.47 Å². The molecule has 0 radical (unpaired) electrons. The third kappa shape index (κ3) is 14.2. The van der Waals surface area contributed by atoms with Crippen LogP contribution in [0.2, 0.25) is 0 Å². The third-order valence-corrected chi connectivity index (χ3v) is 10.3. The van der Waals surface area contributed by atoms with Crippen molar-refractivity contribution in [1.82, 2.24) is 0 Å². The zero-order valence-electron chi connectivity index (χ0n) is 38.8. The van der Waals surface area contributed by atoms with Crippen LogP contribution in [0.4, 0.5) is 0 Å². The van der Waals surface area contributed by atoms with E-state index in [4.69, 9.17) is 47.4 Å². The molecule has 6 aromatic carbocycles. The first-order valence-electron chi connectivity index (χ1n) is 22.1. The first-order chi connectivity index (χ1) is 33.0. The Kier molecular flexibility index (Phi) is 18.1. The summed E-state index contributed by atoms with van der Waals surface area (Å²) in [6, 6.07) is 35.6. The standard InChI is InChI=1S/C54H54O14/c1-7-61-35(3)29-31-63-45-25-27-47(49(33-45)59-5)53(57)67-43-21-13-39(14-22-43)51(55)65-41-17-9-37(10-18-41)38-11-19-42(20-12-38)66-52(56)40-15-23-44(24-16-40)68-54(58)48-28-26-46(34-50(48)60-6)64-32-30-36(4)62-8-2/h9-28,33-36H,7-8,29-32H2,1-6H3. The molecule has 6 aromatic rings. The van der Waals surface area contributed by atoms with Gasteiger partial charge in [-0.15, -0.1) is 0 Å². The molecule has 0 heterocycles. The van der Waals surface area contributed by atoms with Crippen molar-refractivity contribution in [1.29, 1.82) is 0 Å². The van der Waals surface area contributed by atoms with Crippen LogP contribution in [-0.4, -0.2) is 76.7 Å². The molecule has 0 amide bonds. The van der Waals surface area contributed by atoms with Gasteiger partial charge in [-0.25, -0.2) is 19.2 Å². The molecule has 0 saturated heterocycles. The van der Waals surface area contributed by atoms with E-state index in [1.165, 1.54) is 62.8 Å². The molecule has 0 saturated carbocycles. The lowest BCUT2D eigenvalue weighted by Crippen LogP contribution is -2.13. The van der Waals surface area contributed by atoms with Gasteiger partial charge in [-0.1, -0.05) is 24.3 Å². The molecular formula is C54H54O14. The Morgan fingerprint density at radius 3 is 1.04 bits per heavy atom. The van der Waals surface area contributed by atoms with Crippen LogP contribution in [0.15, 0.2) is 133 Å². The molecule has 0 bridgehead atoms. The van der Waals surface area contributed by atoms with E-state index in [0.717, 1.165) is 11.1 Å². The smallest absolute Gasteiger partial charge is 0.347 e. The largest absolute Gasteiger partial charge is 0.496 e. The van der Waals surface area contributed by atoms with Gasteiger partial charge in [-0.3, -0.25) is 0 Å². The first kappa shape index (κ1) is 49.7. The van der Waals surface area contributed by atoms with Gasteiger partial charge in [-0.05, 0) is 136 Å². The summed E-state index contributed by atoms with van der Waals surface area (Å²) in [5.74, 6) is 0.310. The second-order valence-electron chi connectivity index (χ2n) is 15.2. The van der Waals surface area contributed by atoms with Gasteiger partial charge < -0.3 is 47.4 Å². The molecule has 0 aliphatic carbocycles. The zero-order chi connectivity index (χ0) is 48.4. The SMILES string of the molecule is CCOC(C)CCOc1ccc(C(=O)Oc2ccc(C(=O)Oc3ccc(-c4ccc(OC(=O)c5ccc(OC(=O)c6ccc(OCCC(C)OCC)cc6OC)cc5)cc4)cc3)cc2)c(OC)c1. The molecule has 6 rings (SSSR count). The molecular weight excluding hydrogens is 873 g/mol. The number of benzene rings is 6. The fourth-order valence-electron chi connectivity index (χ4n) is 6.69. The van der Waals surface area contributed by atoms with Gasteiger partial charge in [0.2, 0.25) is 0 Å². The van der Waals surface area contributed by atoms with Gasteiger partial charge in [0.05, 0.1) is 50.8 Å². The van der Waals surface area contributed by atoms with Crippen molar-refractivity contribution in [2.75, 3.05) is 40.6 Å². The topological polar surface area (TPSA) is 161 Å². The highest BCUT2D eigenvalue weighted by molar-refractivity contribution is 5.96. The second kappa shape index (κ2) is 24.7. The van der Waals surface area contributed by atoms with Crippen LogP contribution < -0.4 is 37.9 Å². The minimum atomic E-state index is -0.638. The molecule has 0 fully saturated rings. The number of methoxy groups -OCH3 is 2.